The predicted octanol–water partition coefficient (Wildman–Crippen LogP) is 4.55. The van der Waals surface area contributed by atoms with Crippen LogP contribution in [-0.2, 0) is 4.74 Å². The van der Waals surface area contributed by atoms with Gasteiger partial charge in [0.15, 0.2) is 5.58 Å². The smallest absolute Gasteiger partial charge is 0.152 e. The molecule has 1 aromatic carbocycles. The third kappa shape index (κ3) is 3.10. The van der Waals surface area contributed by atoms with Crippen LogP contribution in [0.5, 0.6) is 0 Å². The van der Waals surface area contributed by atoms with Crippen molar-refractivity contribution in [3.8, 4) is 0 Å². The van der Waals surface area contributed by atoms with Crippen molar-refractivity contribution in [2.45, 2.75) is 38.3 Å². The molecule has 1 saturated carbocycles. The molecular weight excluding hydrogens is 286 g/mol. The molecule has 0 saturated heterocycles. The molecule has 2 atom stereocenters. The average Bonchev–Trinajstić information content (AvgIpc) is 3.22. The summed E-state index contributed by atoms with van der Waals surface area (Å²) in [5.41, 5.74) is 0.767. The predicted molar refractivity (Wildman–Crippen MR) is 85.8 cm³/mol. The summed E-state index contributed by atoms with van der Waals surface area (Å²) in [5.74, 6) is 1.55. The second kappa shape index (κ2) is 6.39. The number of rotatable bonds is 7. The van der Waals surface area contributed by atoms with E-state index in [1.165, 1.54) is 12.8 Å². The molecule has 3 rings (SSSR count). The number of fused-ring (bicyclic) bond motifs is 1. The van der Waals surface area contributed by atoms with E-state index in [-0.39, 0.29) is 12.1 Å². The molecule has 0 aliphatic heterocycles. The third-order valence-electron chi connectivity index (χ3n) is 4.12. The van der Waals surface area contributed by atoms with E-state index in [0.29, 0.717) is 10.9 Å². The van der Waals surface area contributed by atoms with Crippen molar-refractivity contribution < 1.29 is 9.15 Å². The van der Waals surface area contributed by atoms with Gasteiger partial charge in [-0.2, -0.15) is 0 Å². The largest absolute Gasteiger partial charge is 0.458 e. The molecule has 1 N–H and O–H groups in total. The molecule has 21 heavy (non-hydrogen) atoms. The summed E-state index contributed by atoms with van der Waals surface area (Å²) in [7, 11) is 1.79. The first-order valence-corrected chi connectivity index (χ1v) is 8.06. The molecule has 2 aromatic rings. The fourth-order valence-corrected chi connectivity index (χ4v) is 3.13. The van der Waals surface area contributed by atoms with E-state index in [1.54, 1.807) is 7.11 Å². The Bertz CT molecular complexity index is 606. The third-order valence-corrected chi connectivity index (χ3v) is 4.42. The fraction of sp³-hybridized carbons (Fsp3) is 0.529. The van der Waals surface area contributed by atoms with Gasteiger partial charge in [-0.25, -0.2) is 0 Å². The van der Waals surface area contributed by atoms with Crippen LogP contribution in [0.25, 0.3) is 11.0 Å². The lowest BCUT2D eigenvalue weighted by atomic mass is 10.0. The van der Waals surface area contributed by atoms with E-state index in [0.717, 1.165) is 29.7 Å². The number of furan rings is 1. The number of nitrogens with one attached hydrogen (secondary N) is 1. The van der Waals surface area contributed by atoms with Crippen LogP contribution in [0, 0.1) is 5.92 Å². The second-order valence-corrected chi connectivity index (χ2v) is 6.18. The van der Waals surface area contributed by atoms with Crippen LogP contribution in [0.4, 0.5) is 0 Å². The molecule has 1 fully saturated rings. The zero-order chi connectivity index (χ0) is 14.8. The number of hydrogen-bond acceptors (Lipinski definition) is 3. The molecular formula is C17H22ClNO2. The highest BCUT2D eigenvalue weighted by Crippen LogP contribution is 2.41. The van der Waals surface area contributed by atoms with Crippen molar-refractivity contribution in [3.63, 3.8) is 0 Å². The highest BCUT2D eigenvalue weighted by atomic mass is 35.5. The van der Waals surface area contributed by atoms with Gasteiger partial charge in [0.05, 0.1) is 17.2 Å². The standard InChI is InChI=1S/C17H22ClNO2/c1-3-9-19-15(17(20-2)11-7-8-11)14-10-12-5-4-6-13(18)16(12)21-14/h4-6,10-11,15,17,19H,3,7-9H2,1-2H3. The van der Waals surface area contributed by atoms with Gasteiger partial charge < -0.3 is 14.5 Å². The number of ether oxygens (including phenoxy) is 1. The number of benzene rings is 1. The molecule has 1 aliphatic rings. The van der Waals surface area contributed by atoms with Gasteiger partial charge in [-0.3, -0.25) is 0 Å². The first kappa shape index (κ1) is 14.9. The number of hydrogen-bond donors (Lipinski definition) is 1. The van der Waals surface area contributed by atoms with Gasteiger partial charge >= 0.3 is 0 Å². The average molecular weight is 308 g/mol. The highest BCUT2D eigenvalue weighted by molar-refractivity contribution is 6.34. The lowest BCUT2D eigenvalue weighted by molar-refractivity contribution is 0.0445. The molecule has 1 heterocycles. The Morgan fingerprint density at radius 3 is 2.86 bits per heavy atom. The van der Waals surface area contributed by atoms with E-state index in [1.807, 2.05) is 18.2 Å². The number of para-hydroxylation sites is 1. The van der Waals surface area contributed by atoms with Gasteiger partial charge in [-0.05, 0) is 43.9 Å². The number of methoxy groups -OCH3 is 1. The Kier molecular flexibility index (Phi) is 4.53. The van der Waals surface area contributed by atoms with Crippen LogP contribution in [0.15, 0.2) is 28.7 Å². The fourth-order valence-electron chi connectivity index (χ4n) is 2.90. The van der Waals surface area contributed by atoms with Crippen molar-refractivity contribution in [1.82, 2.24) is 5.32 Å². The van der Waals surface area contributed by atoms with Crippen LogP contribution in [-0.4, -0.2) is 19.8 Å². The highest BCUT2D eigenvalue weighted by Gasteiger charge is 2.38. The molecule has 0 amide bonds. The molecule has 4 heteroatoms. The summed E-state index contributed by atoms with van der Waals surface area (Å²) < 4.78 is 11.8. The van der Waals surface area contributed by atoms with Crippen molar-refractivity contribution in [2.75, 3.05) is 13.7 Å². The molecule has 1 aromatic heterocycles. The maximum Gasteiger partial charge on any atom is 0.152 e. The molecule has 0 radical (unpaired) electrons. The van der Waals surface area contributed by atoms with Crippen LogP contribution in [0.1, 0.15) is 38.0 Å². The van der Waals surface area contributed by atoms with Gasteiger partial charge in [0.25, 0.3) is 0 Å². The maximum atomic E-state index is 6.22. The van der Waals surface area contributed by atoms with Crippen LogP contribution >= 0.6 is 11.6 Å². The first-order valence-electron chi connectivity index (χ1n) is 7.68. The Hall–Kier alpha value is -1.03. The van der Waals surface area contributed by atoms with Crippen molar-refractivity contribution >= 4 is 22.6 Å². The van der Waals surface area contributed by atoms with Crippen molar-refractivity contribution in [3.05, 3.63) is 35.0 Å². The van der Waals surface area contributed by atoms with E-state index >= 15 is 0 Å². The zero-order valence-corrected chi connectivity index (χ0v) is 13.3. The van der Waals surface area contributed by atoms with Gasteiger partial charge in [0.1, 0.15) is 5.76 Å². The Morgan fingerprint density at radius 1 is 1.43 bits per heavy atom. The molecule has 3 nitrogen and oxygen atoms in total. The van der Waals surface area contributed by atoms with Gasteiger partial charge in [0, 0.05) is 12.5 Å². The van der Waals surface area contributed by atoms with Gasteiger partial charge in [-0.1, -0.05) is 30.7 Å². The summed E-state index contributed by atoms with van der Waals surface area (Å²) in [6, 6.07) is 8.02. The maximum absolute atomic E-state index is 6.22. The summed E-state index contributed by atoms with van der Waals surface area (Å²) in [4.78, 5) is 0. The van der Waals surface area contributed by atoms with E-state index in [2.05, 4.69) is 18.3 Å². The van der Waals surface area contributed by atoms with Crippen LogP contribution in [0.2, 0.25) is 5.02 Å². The number of halogens is 1. The normalized spacial score (nSPS) is 18.0. The Morgan fingerprint density at radius 2 is 2.24 bits per heavy atom. The van der Waals surface area contributed by atoms with Crippen LogP contribution < -0.4 is 5.32 Å². The molecule has 2 unspecified atom stereocenters. The topological polar surface area (TPSA) is 34.4 Å². The Balaban J connectivity index is 1.94. The van der Waals surface area contributed by atoms with Gasteiger partial charge in [-0.15, -0.1) is 0 Å². The molecule has 0 spiro atoms. The van der Waals surface area contributed by atoms with E-state index in [4.69, 9.17) is 20.8 Å². The van der Waals surface area contributed by atoms with Crippen LogP contribution in [0.3, 0.4) is 0 Å². The van der Waals surface area contributed by atoms with E-state index < -0.39 is 0 Å². The minimum absolute atomic E-state index is 0.0888. The lowest BCUT2D eigenvalue weighted by Gasteiger charge is -2.25. The first-order chi connectivity index (χ1) is 10.2. The van der Waals surface area contributed by atoms with E-state index in [9.17, 15) is 0 Å². The Labute approximate surface area is 130 Å². The summed E-state index contributed by atoms with van der Waals surface area (Å²) in [6.45, 7) is 3.11. The molecule has 1 aliphatic carbocycles. The van der Waals surface area contributed by atoms with Crippen molar-refractivity contribution in [1.29, 1.82) is 0 Å². The lowest BCUT2D eigenvalue weighted by Crippen LogP contribution is -2.35. The molecule has 114 valence electrons. The summed E-state index contributed by atoms with van der Waals surface area (Å²) >= 11 is 6.22. The monoisotopic (exact) mass is 307 g/mol. The summed E-state index contributed by atoms with van der Waals surface area (Å²) in [5, 5.41) is 5.28. The second-order valence-electron chi connectivity index (χ2n) is 5.78. The minimum Gasteiger partial charge on any atom is -0.458 e. The minimum atomic E-state index is 0.0888. The zero-order valence-electron chi connectivity index (χ0n) is 12.6. The quantitative estimate of drug-likeness (QED) is 0.814. The molecule has 0 bridgehead atoms. The van der Waals surface area contributed by atoms with Crippen molar-refractivity contribution in [2.24, 2.45) is 5.92 Å². The summed E-state index contributed by atoms with van der Waals surface area (Å²) in [6.07, 6.45) is 3.72. The van der Waals surface area contributed by atoms with Gasteiger partial charge in [0.2, 0.25) is 0 Å². The SMILES string of the molecule is CCCNC(c1cc2cccc(Cl)c2o1)C(OC)C1CC1.